The van der Waals surface area contributed by atoms with E-state index in [1.165, 1.54) is 24.6 Å². The molecule has 0 radical (unpaired) electrons. The van der Waals surface area contributed by atoms with Gasteiger partial charge in [-0.1, -0.05) is 25.5 Å². The average Bonchev–Trinajstić information content (AvgIpc) is 2.76. The summed E-state index contributed by atoms with van der Waals surface area (Å²) < 4.78 is 44.4. The molecular weight excluding hydrogens is 417 g/mol. The fraction of sp³-hybridized carbons (Fsp3) is 0.480. The molecule has 1 fully saturated rings. The van der Waals surface area contributed by atoms with Crippen molar-refractivity contribution in [1.82, 2.24) is 4.90 Å². The van der Waals surface area contributed by atoms with Gasteiger partial charge in [0.1, 0.15) is 5.75 Å². The van der Waals surface area contributed by atoms with Crippen molar-refractivity contribution in [1.29, 1.82) is 0 Å². The minimum Gasteiger partial charge on any atom is -0.493 e. The molecule has 1 N–H and O–H groups in total. The van der Waals surface area contributed by atoms with Crippen molar-refractivity contribution in [3.8, 4) is 5.75 Å². The van der Waals surface area contributed by atoms with Crippen LogP contribution in [0.5, 0.6) is 5.75 Å². The molecule has 1 saturated heterocycles. The third kappa shape index (κ3) is 6.73. The Kier molecular flexibility index (Phi) is 8.18. The number of amides is 1. The fourth-order valence-corrected chi connectivity index (χ4v) is 4.26. The molecule has 0 aromatic heterocycles. The van der Waals surface area contributed by atoms with Crippen LogP contribution in [0.25, 0.3) is 0 Å². The first-order valence-corrected chi connectivity index (χ1v) is 11.2. The van der Waals surface area contributed by atoms with Gasteiger partial charge in [0.25, 0.3) is 0 Å². The summed E-state index contributed by atoms with van der Waals surface area (Å²) in [4.78, 5) is 13.7. The lowest BCUT2D eigenvalue weighted by atomic mass is 9.80. The van der Waals surface area contributed by atoms with Gasteiger partial charge in [-0.25, -0.2) is 0 Å². The zero-order chi connectivity index (χ0) is 23.1. The van der Waals surface area contributed by atoms with Gasteiger partial charge in [0.2, 0.25) is 5.91 Å². The number of anilines is 1. The average molecular weight is 449 g/mol. The lowest BCUT2D eigenvalue weighted by Gasteiger charge is -2.39. The van der Waals surface area contributed by atoms with E-state index >= 15 is 0 Å². The van der Waals surface area contributed by atoms with Gasteiger partial charge in [0, 0.05) is 25.1 Å². The summed E-state index contributed by atoms with van der Waals surface area (Å²) in [6, 6.07) is 12.8. The van der Waals surface area contributed by atoms with E-state index < -0.39 is 11.7 Å². The minimum absolute atomic E-state index is 0.107. The molecule has 0 aliphatic carbocycles. The molecule has 2 atom stereocenters. The molecule has 2 aromatic carbocycles. The Morgan fingerprint density at radius 1 is 1.12 bits per heavy atom. The van der Waals surface area contributed by atoms with Crippen molar-refractivity contribution in [3.63, 3.8) is 0 Å². The van der Waals surface area contributed by atoms with Crippen molar-refractivity contribution < 1.29 is 22.7 Å². The van der Waals surface area contributed by atoms with Crippen LogP contribution in [-0.2, 0) is 11.0 Å². The number of ether oxygens (including phenoxy) is 1. The highest BCUT2D eigenvalue weighted by atomic mass is 19.4. The largest absolute Gasteiger partial charge is 0.493 e. The Hall–Kier alpha value is -2.54. The smallest absolute Gasteiger partial charge is 0.416 e. The van der Waals surface area contributed by atoms with Gasteiger partial charge in [-0.15, -0.1) is 0 Å². The molecule has 0 unspecified atom stereocenters. The summed E-state index contributed by atoms with van der Waals surface area (Å²) in [6.45, 7) is 7.03. The third-order valence-electron chi connectivity index (χ3n) is 5.95. The van der Waals surface area contributed by atoms with Crippen LogP contribution < -0.4 is 10.1 Å². The number of halogens is 3. The normalized spacial score (nSPS) is 19.5. The van der Waals surface area contributed by atoms with Gasteiger partial charge < -0.3 is 15.0 Å². The van der Waals surface area contributed by atoms with E-state index in [9.17, 15) is 18.0 Å². The van der Waals surface area contributed by atoms with Gasteiger partial charge >= 0.3 is 6.18 Å². The molecule has 1 amide bonds. The van der Waals surface area contributed by atoms with Gasteiger partial charge in [-0.05, 0) is 73.8 Å². The number of likely N-dealkylation sites (tertiary alicyclic amines) is 1. The molecule has 174 valence electrons. The minimum atomic E-state index is -4.35. The van der Waals surface area contributed by atoms with E-state index in [-0.39, 0.29) is 17.7 Å². The maximum absolute atomic E-state index is 12.8. The number of carbonyl (C=O) groups excluding carboxylic acids is 1. The highest BCUT2D eigenvalue weighted by Gasteiger charge is 2.32. The molecule has 7 heteroatoms. The van der Waals surface area contributed by atoms with Crippen molar-refractivity contribution >= 4 is 11.6 Å². The zero-order valence-corrected chi connectivity index (χ0v) is 18.6. The highest BCUT2D eigenvalue weighted by molar-refractivity contribution is 5.88. The van der Waals surface area contributed by atoms with Crippen molar-refractivity contribution in [2.45, 2.75) is 45.2 Å². The first-order chi connectivity index (χ1) is 15.3. The number of nitrogens with one attached hydrogen (secondary N) is 1. The topological polar surface area (TPSA) is 41.6 Å². The molecule has 1 heterocycles. The maximum Gasteiger partial charge on any atom is 0.416 e. The number of benzene rings is 2. The molecule has 2 aromatic rings. The predicted molar refractivity (Wildman–Crippen MR) is 120 cm³/mol. The quantitative estimate of drug-likeness (QED) is 0.543. The first kappa shape index (κ1) is 24.1. The number of unbranched alkanes of at least 4 members (excludes halogenated alkanes) is 1. The van der Waals surface area contributed by atoms with E-state index in [0.29, 0.717) is 12.4 Å². The Balaban J connectivity index is 1.70. The van der Waals surface area contributed by atoms with Gasteiger partial charge in [0.05, 0.1) is 12.2 Å². The Morgan fingerprint density at radius 2 is 1.81 bits per heavy atom. The van der Waals surface area contributed by atoms with E-state index in [1.54, 1.807) is 0 Å². The standard InChI is InChI=1S/C25H31F3N2O2/c1-3-4-14-30-15-13-24(19-5-9-22(10-6-19)29-18(2)31)20(16-30)17-32-23-11-7-21(8-12-23)25(26,27)28/h5-12,20,24H,3-4,13-17H2,1-2H3,(H,29,31)/t20-,24-/m1/s1. The van der Waals surface area contributed by atoms with Crippen LogP contribution in [0.1, 0.15) is 50.2 Å². The van der Waals surface area contributed by atoms with E-state index in [2.05, 4.69) is 17.1 Å². The lowest BCUT2D eigenvalue weighted by Crippen LogP contribution is -2.42. The summed E-state index contributed by atoms with van der Waals surface area (Å²) in [5.41, 5.74) is 1.28. The van der Waals surface area contributed by atoms with Crippen molar-refractivity contribution in [3.05, 3.63) is 59.7 Å². The van der Waals surface area contributed by atoms with Crippen LogP contribution in [-0.4, -0.2) is 37.0 Å². The summed E-state index contributed by atoms with van der Waals surface area (Å²) in [6.07, 6.45) is -1.08. The number of alkyl halides is 3. The second-order valence-corrected chi connectivity index (χ2v) is 8.45. The molecule has 0 bridgehead atoms. The number of nitrogens with zero attached hydrogens (tertiary/aromatic N) is 1. The molecule has 0 spiro atoms. The van der Waals surface area contributed by atoms with Gasteiger partial charge in [-0.2, -0.15) is 13.2 Å². The van der Waals surface area contributed by atoms with Crippen LogP contribution in [0.3, 0.4) is 0 Å². The molecule has 32 heavy (non-hydrogen) atoms. The third-order valence-corrected chi connectivity index (χ3v) is 5.95. The van der Waals surface area contributed by atoms with Crippen LogP contribution in [0.4, 0.5) is 18.9 Å². The first-order valence-electron chi connectivity index (χ1n) is 11.2. The van der Waals surface area contributed by atoms with E-state index in [1.807, 2.05) is 24.3 Å². The molecule has 1 aliphatic rings. The number of hydrogen-bond acceptors (Lipinski definition) is 3. The SMILES string of the molecule is CCCCN1CC[C@H](c2ccc(NC(C)=O)cc2)[C@@H](COc2ccc(C(F)(F)F)cc2)C1. The van der Waals surface area contributed by atoms with Crippen molar-refractivity contribution in [2.75, 3.05) is 31.6 Å². The Morgan fingerprint density at radius 3 is 2.41 bits per heavy atom. The van der Waals surface area contributed by atoms with Crippen LogP contribution in [0.15, 0.2) is 48.5 Å². The summed E-state index contributed by atoms with van der Waals surface area (Å²) >= 11 is 0. The molecule has 3 rings (SSSR count). The highest BCUT2D eigenvalue weighted by Crippen LogP contribution is 2.35. The van der Waals surface area contributed by atoms with Crippen LogP contribution in [0.2, 0.25) is 0 Å². The van der Waals surface area contributed by atoms with E-state index in [4.69, 9.17) is 4.74 Å². The Labute approximate surface area is 187 Å². The lowest BCUT2D eigenvalue weighted by molar-refractivity contribution is -0.137. The van der Waals surface area contributed by atoms with Crippen LogP contribution in [0, 0.1) is 5.92 Å². The monoisotopic (exact) mass is 448 g/mol. The predicted octanol–water partition coefficient (Wildman–Crippen LogP) is 5.95. The number of hydrogen-bond donors (Lipinski definition) is 1. The number of piperidine rings is 1. The summed E-state index contributed by atoms with van der Waals surface area (Å²) in [5, 5.41) is 2.79. The van der Waals surface area contributed by atoms with Gasteiger partial charge in [0.15, 0.2) is 0 Å². The maximum atomic E-state index is 12.8. The molecular formula is C25H31F3N2O2. The second-order valence-electron chi connectivity index (χ2n) is 8.45. The van der Waals surface area contributed by atoms with Crippen molar-refractivity contribution in [2.24, 2.45) is 5.92 Å². The summed E-state index contributed by atoms with van der Waals surface area (Å²) in [7, 11) is 0. The second kappa shape index (κ2) is 10.9. The zero-order valence-electron chi connectivity index (χ0n) is 18.6. The summed E-state index contributed by atoms with van der Waals surface area (Å²) in [5.74, 6) is 0.844. The number of rotatable bonds is 8. The Bertz CT molecular complexity index is 866. The molecule has 0 saturated carbocycles. The van der Waals surface area contributed by atoms with Gasteiger partial charge in [-0.3, -0.25) is 4.79 Å². The molecule has 4 nitrogen and oxygen atoms in total. The molecule has 1 aliphatic heterocycles. The van der Waals surface area contributed by atoms with Crippen LogP contribution >= 0.6 is 0 Å². The fourth-order valence-electron chi connectivity index (χ4n) is 4.26. The number of carbonyl (C=O) groups is 1. The van der Waals surface area contributed by atoms with E-state index in [0.717, 1.165) is 56.7 Å².